The lowest BCUT2D eigenvalue weighted by molar-refractivity contribution is 1.26. The topological polar surface area (TPSA) is 0 Å². The normalized spacial score (nSPS) is 7.75. The third kappa shape index (κ3) is 6.26. The van der Waals surface area contributed by atoms with Gasteiger partial charge in [-0.15, -0.1) is 11.8 Å². The average Bonchev–Trinajstić information content (AvgIpc) is 1.81. The molecule has 0 nitrogen and oxygen atoms in total. The van der Waals surface area contributed by atoms with Gasteiger partial charge in [-0.3, -0.25) is 0 Å². The molecule has 0 saturated heterocycles. The number of thiol groups is 2. The molecule has 2 heteroatoms. The molecule has 0 aliphatic carbocycles. The molecule has 0 bridgehead atoms. The van der Waals surface area contributed by atoms with Gasteiger partial charge >= 0.3 is 0 Å². The highest BCUT2D eigenvalue weighted by molar-refractivity contribution is 7.80. The maximum Gasteiger partial charge on any atom is 0.0177 e. The van der Waals surface area contributed by atoms with E-state index in [1.165, 1.54) is 0 Å². The molecule has 0 aromatic carbocycles. The Morgan fingerprint density at radius 2 is 1.25 bits per heavy atom. The van der Waals surface area contributed by atoms with E-state index in [0.717, 1.165) is 24.3 Å². The zero-order valence-corrected chi connectivity index (χ0v) is 6.51. The zero-order valence-electron chi connectivity index (χ0n) is 4.72. The first kappa shape index (κ1) is 8.26. The molecular formula is C6H10S2. The Morgan fingerprint density at radius 1 is 0.875 bits per heavy atom. The molecule has 0 radical (unpaired) electrons. The van der Waals surface area contributed by atoms with Crippen molar-refractivity contribution in [2.75, 3.05) is 11.5 Å². The van der Waals surface area contributed by atoms with Crippen molar-refractivity contribution in [3.8, 4) is 11.8 Å². The summed E-state index contributed by atoms with van der Waals surface area (Å²) in [6, 6.07) is 0. The molecule has 46 valence electrons. The highest BCUT2D eigenvalue weighted by Crippen LogP contribution is 1.82. The molecule has 0 aromatic heterocycles. The van der Waals surface area contributed by atoms with Crippen molar-refractivity contribution in [2.24, 2.45) is 0 Å². The van der Waals surface area contributed by atoms with Crippen molar-refractivity contribution in [3.05, 3.63) is 0 Å². The van der Waals surface area contributed by atoms with Crippen LogP contribution in [0.25, 0.3) is 0 Å². The van der Waals surface area contributed by atoms with Crippen LogP contribution in [0.15, 0.2) is 0 Å². The summed E-state index contributed by atoms with van der Waals surface area (Å²) in [5.74, 6) is 7.64. The van der Waals surface area contributed by atoms with Gasteiger partial charge in [0.25, 0.3) is 0 Å². The molecule has 0 aromatic rings. The molecule has 8 heavy (non-hydrogen) atoms. The second kappa shape index (κ2) is 7.26. The molecule has 0 heterocycles. The standard InChI is InChI=1S/C6H10S2/c7-5-3-1-2-4-6-8/h7-8H,3-6H2. The molecule has 0 amide bonds. The van der Waals surface area contributed by atoms with E-state index in [-0.39, 0.29) is 0 Å². The van der Waals surface area contributed by atoms with Gasteiger partial charge in [0, 0.05) is 24.3 Å². The van der Waals surface area contributed by atoms with Crippen LogP contribution in [0.4, 0.5) is 0 Å². The van der Waals surface area contributed by atoms with Crippen molar-refractivity contribution >= 4 is 25.3 Å². The van der Waals surface area contributed by atoms with Crippen molar-refractivity contribution in [3.63, 3.8) is 0 Å². The second-order valence-electron chi connectivity index (χ2n) is 1.30. The zero-order chi connectivity index (χ0) is 6.24. The highest BCUT2D eigenvalue weighted by atomic mass is 32.1. The Morgan fingerprint density at radius 3 is 1.50 bits per heavy atom. The first-order valence-electron chi connectivity index (χ1n) is 2.59. The molecule has 0 fully saturated rings. The van der Waals surface area contributed by atoms with Crippen molar-refractivity contribution in [1.29, 1.82) is 0 Å². The van der Waals surface area contributed by atoms with Crippen LogP contribution in [0.5, 0.6) is 0 Å². The maximum atomic E-state index is 4.00. The summed E-state index contributed by atoms with van der Waals surface area (Å²) in [5, 5.41) is 0. The quantitative estimate of drug-likeness (QED) is 0.429. The minimum atomic E-state index is 0.861. The molecular weight excluding hydrogens is 136 g/mol. The third-order valence-corrected chi connectivity index (χ3v) is 1.05. The van der Waals surface area contributed by atoms with Gasteiger partial charge in [-0.2, -0.15) is 25.3 Å². The van der Waals surface area contributed by atoms with Gasteiger partial charge in [0.2, 0.25) is 0 Å². The fraction of sp³-hybridized carbons (Fsp3) is 0.667. The summed E-state index contributed by atoms with van der Waals surface area (Å²) >= 11 is 8.00. The highest BCUT2D eigenvalue weighted by Gasteiger charge is 1.70. The molecule has 0 aliphatic rings. The van der Waals surface area contributed by atoms with E-state index in [1.54, 1.807) is 0 Å². The lowest BCUT2D eigenvalue weighted by atomic mass is 10.4. The SMILES string of the molecule is SCCC#CCCS. The van der Waals surface area contributed by atoms with E-state index >= 15 is 0 Å². The van der Waals surface area contributed by atoms with Crippen LogP contribution in [0.1, 0.15) is 12.8 Å². The largest absolute Gasteiger partial charge is 0.178 e. The predicted octanol–water partition coefficient (Wildman–Crippen LogP) is 1.63. The van der Waals surface area contributed by atoms with Gasteiger partial charge in [-0.05, 0) is 0 Å². The van der Waals surface area contributed by atoms with Crippen LogP contribution >= 0.6 is 25.3 Å². The van der Waals surface area contributed by atoms with Gasteiger partial charge in [-0.1, -0.05) is 0 Å². The number of hydrogen-bond donors (Lipinski definition) is 2. The van der Waals surface area contributed by atoms with Crippen LogP contribution in [0, 0.1) is 11.8 Å². The molecule has 0 atom stereocenters. The molecule has 0 unspecified atom stereocenters. The summed E-state index contributed by atoms with van der Waals surface area (Å²) in [6.45, 7) is 0. The summed E-state index contributed by atoms with van der Waals surface area (Å²) in [6.07, 6.45) is 1.80. The number of rotatable bonds is 2. The van der Waals surface area contributed by atoms with E-state index in [1.807, 2.05) is 0 Å². The van der Waals surface area contributed by atoms with Gasteiger partial charge in [0.15, 0.2) is 0 Å². The lowest BCUT2D eigenvalue weighted by Gasteiger charge is -1.77. The maximum absolute atomic E-state index is 4.00. The first-order chi connectivity index (χ1) is 3.91. The summed E-state index contributed by atoms with van der Waals surface area (Å²) in [7, 11) is 0. The van der Waals surface area contributed by atoms with Crippen LogP contribution in [0.3, 0.4) is 0 Å². The van der Waals surface area contributed by atoms with Gasteiger partial charge < -0.3 is 0 Å². The van der Waals surface area contributed by atoms with Crippen LogP contribution in [0.2, 0.25) is 0 Å². The van der Waals surface area contributed by atoms with Crippen LogP contribution in [-0.2, 0) is 0 Å². The smallest absolute Gasteiger partial charge is 0.0177 e. The number of hydrogen-bond acceptors (Lipinski definition) is 2. The Bertz CT molecular complexity index is 78.4. The molecule has 0 N–H and O–H groups in total. The van der Waals surface area contributed by atoms with E-state index < -0.39 is 0 Å². The summed E-state index contributed by atoms with van der Waals surface area (Å²) < 4.78 is 0. The Balaban J connectivity index is 2.95. The Kier molecular flexibility index (Phi) is 7.50. The molecule has 0 rings (SSSR count). The van der Waals surface area contributed by atoms with Crippen LogP contribution in [-0.4, -0.2) is 11.5 Å². The summed E-state index contributed by atoms with van der Waals surface area (Å²) in [5.41, 5.74) is 0. The van der Waals surface area contributed by atoms with E-state index in [2.05, 4.69) is 37.1 Å². The minimum absolute atomic E-state index is 0.861. The van der Waals surface area contributed by atoms with Gasteiger partial charge in [0.05, 0.1) is 0 Å². The van der Waals surface area contributed by atoms with Gasteiger partial charge in [-0.25, -0.2) is 0 Å². The lowest BCUT2D eigenvalue weighted by Crippen LogP contribution is -1.69. The minimum Gasteiger partial charge on any atom is -0.178 e. The Hall–Kier alpha value is 0.260. The Labute approximate surface area is 61.9 Å². The van der Waals surface area contributed by atoms with Crippen LogP contribution < -0.4 is 0 Å². The summed E-state index contributed by atoms with van der Waals surface area (Å²) in [4.78, 5) is 0. The van der Waals surface area contributed by atoms with Crippen molar-refractivity contribution in [1.82, 2.24) is 0 Å². The fourth-order valence-electron chi connectivity index (χ4n) is 0.289. The average molecular weight is 146 g/mol. The fourth-order valence-corrected chi connectivity index (χ4v) is 0.512. The third-order valence-electron chi connectivity index (χ3n) is 0.599. The molecule has 0 saturated carbocycles. The van der Waals surface area contributed by atoms with Crippen molar-refractivity contribution < 1.29 is 0 Å². The first-order valence-corrected chi connectivity index (χ1v) is 3.85. The van der Waals surface area contributed by atoms with E-state index in [0.29, 0.717) is 0 Å². The van der Waals surface area contributed by atoms with E-state index in [4.69, 9.17) is 0 Å². The predicted molar refractivity (Wildman–Crippen MR) is 44.7 cm³/mol. The van der Waals surface area contributed by atoms with E-state index in [9.17, 15) is 0 Å². The molecule has 0 spiro atoms. The van der Waals surface area contributed by atoms with Gasteiger partial charge in [0.1, 0.15) is 0 Å². The second-order valence-corrected chi connectivity index (χ2v) is 2.20. The monoisotopic (exact) mass is 146 g/mol. The van der Waals surface area contributed by atoms with Crippen molar-refractivity contribution in [2.45, 2.75) is 12.8 Å². The molecule has 0 aliphatic heterocycles.